The lowest BCUT2D eigenvalue weighted by Gasteiger charge is -2.49. The highest BCUT2D eigenvalue weighted by Crippen LogP contribution is 2.41. The van der Waals surface area contributed by atoms with Crippen molar-refractivity contribution in [1.82, 2.24) is 49.7 Å². The van der Waals surface area contributed by atoms with Crippen LogP contribution in [0, 0.1) is 0 Å². The van der Waals surface area contributed by atoms with E-state index in [1.165, 1.54) is 41.4 Å². The summed E-state index contributed by atoms with van der Waals surface area (Å²) in [6.45, 7) is 3.66. The van der Waals surface area contributed by atoms with Gasteiger partial charge in [0, 0.05) is 48.9 Å². The minimum atomic E-state index is -5.00. The largest absolute Gasteiger partial charge is 0.724 e. The highest BCUT2D eigenvalue weighted by atomic mass is 32.3. The number of fused-ring (bicyclic) bond motifs is 3. The fraction of sp³-hybridized carbons (Fsp3) is 0.529. The van der Waals surface area contributed by atoms with Gasteiger partial charge in [0.25, 0.3) is 11.8 Å². The Morgan fingerprint density at radius 2 is 1.87 bits per heavy atom. The van der Waals surface area contributed by atoms with Gasteiger partial charge in [0.2, 0.25) is 45.5 Å². The number of carboxylic acids is 2. The molecule has 13 N–H and O–H groups in total. The second-order valence-corrected chi connectivity index (χ2v) is 18.4. The number of carbonyl (C=O) groups excluding carboxylic acids is 4. The maximum absolute atomic E-state index is 13.3. The molecule has 68 heavy (non-hydrogen) atoms. The number of amides is 6. The monoisotopic (exact) mass is 1010 g/mol. The molecule has 0 unspecified atom stereocenters. The van der Waals surface area contributed by atoms with E-state index in [0.29, 0.717) is 48.8 Å². The number of nitrogens with zero attached hydrogens (tertiary/aromatic N) is 10. The minimum absolute atomic E-state index is 0.00361. The Hall–Kier alpha value is -6.72. The van der Waals surface area contributed by atoms with Crippen molar-refractivity contribution in [2.24, 2.45) is 23.7 Å². The van der Waals surface area contributed by atoms with Crippen LogP contribution < -0.4 is 43.6 Å². The van der Waals surface area contributed by atoms with Crippen molar-refractivity contribution >= 4 is 91.9 Å². The number of thioether (sulfide) groups is 1. The topological polar surface area (TPSA) is 454 Å². The molecule has 31 nitrogen and oxygen atoms in total. The predicted octanol–water partition coefficient (Wildman–Crippen LogP) is -3.27. The lowest BCUT2D eigenvalue weighted by Crippen LogP contribution is -2.71. The zero-order chi connectivity index (χ0) is 49.8. The normalized spacial score (nSPS) is 20.3. The molecule has 7 heterocycles. The highest BCUT2D eigenvalue weighted by Gasteiger charge is 2.55. The van der Waals surface area contributed by atoms with E-state index in [9.17, 15) is 52.0 Å². The van der Waals surface area contributed by atoms with E-state index in [1.807, 2.05) is 0 Å². The number of urea groups is 2. The number of rotatable bonds is 18. The average molecular weight is 1010 g/mol. The maximum atomic E-state index is 13.3. The first-order valence-electron chi connectivity index (χ1n) is 20.2. The van der Waals surface area contributed by atoms with Gasteiger partial charge in [0.05, 0.1) is 13.1 Å². The maximum Gasteiger partial charge on any atom is 0.352 e. The van der Waals surface area contributed by atoms with Crippen molar-refractivity contribution < 1.29 is 70.2 Å². The first kappa shape index (κ1) is 50.7. The van der Waals surface area contributed by atoms with E-state index in [1.54, 1.807) is 11.7 Å². The molecule has 3 fully saturated rings. The van der Waals surface area contributed by atoms with Crippen LogP contribution in [0.3, 0.4) is 0 Å². The van der Waals surface area contributed by atoms with Crippen LogP contribution in [0.4, 0.5) is 26.2 Å². The molecule has 0 saturated carbocycles. The van der Waals surface area contributed by atoms with E-state index >= 15 is 0 Å². The lowest BCUT2D eigenvalue weighted by atomic mass is 10.0. The summed E-state index contributed by atoms with van der Waals surface area (Å²) >= 11 is 1.96. The summed E-state index contributed by atoms with van der Waals surface area (Å²) in [5.41, 5.74) is 20.6. The highest BCUT2D eigenvalue weighted by molar-refractivity contribution is 8.00. The van der Waals surface area contributed by atoms with Crippen LogP contribution in [0.15, 0.2) is 27.0 Å². The molecule has 4 atom stereocenters. The van der Waals surface area contributed by atoms with E-state index in [4.69, 9.17) is 32.2 Å². The molecule has 6 amide bonds. The van der Waals surface area contributed by atoms with Gasteiger partial charge >= 0.3 is 24.0 Å². The SMILES string of the molecule is Cn1c(N)c(NC(=O)NCCN)c[n+]1CC1=C(C(=O)O)N2C(=O)[C@@H](NC(=O)/C(=N\OC(C)(C)C(=O)O)c3nsc(N)n3)[C@H]2SC1.NCCCc1nnc([C@@H]2CC[C@@H]3CN2C(=O)N3OS(=O)(=O)[O-])o1. The van der Waals surface area contributed by atoms with Crippen molar-refractivity contribution in [2.45, 2.75) is 75.2 Å². The molecule has 0 aliphatic carbocycles. The van der Waals surface area contributed by atoms with Gasteiger partial charge in [-0.15, -0.1) is 31.3 Å². The smallest absolute Gasteiger partial charge is 0.352 e. The number of nitrogen functional groups attached to an aromatic ring is 2. The van der Waals surface area contributed by atoms with Gasteiger partial charge in [-0.05, 0) is 39.7 Å². The molecule has 3 saturated heterocycles. The fourth-order valence-corrected chi connectivity index (χ4v) is 9.13. The Morgan fingerprint density at radius 3 is 2.50 bits per heavy atom. The fourth-order valence-electron chi connectivity index (χ4n) is 6.98. The van der Waals surface area contributed by atoms with Crippen LogP contribution in [0.1, 0.15) is 56.8 Å². The Labute approximate surface area is 393 Å². The number of anilines is 3. The van der Waals surface area contributed by atoms with E-state index in [2.05, 4.69) is 44.9 Å². The molecule has 3 aromatic rings. The molecule has 3 aromatic heterocycles. The van der Waals surface area contributed by atoms with Crippen molar-refractivity contribution in [2.75, 3.05) is 48.7 Å². The number of aryl methyl sites for hydroxylation is 1. The summed E-state index contributed by atoms with van der Waals surface area (Å²) in [6, 6.07) is -3.32. The van der Waals surface area contributed by atoms with E-state index in [0.717, 1.165) is 16.4 Å². The van der Waals surface area contributed by atoms with Gasteiger partial charge in [0.1, 0.15) is 23.2 Å². The number of hydrogen-bond acceptors (Lipinski definition) is 23. The van der Waals surface area contributed by atoms with Gasteiger partial charge in [-0.25, -0.2) is 27.6 Å². The molecular formula is C34H47N17O14S3. The molecule has 0 spiro atoms. The van der Waals surface area contributed by atoms with Crippen molar-refractivity contribution in [3.8, 4) is 0 Å². The number of nitrogens with one attached hydrogen (secondary N) is 3. The number of piperidine rings is 1. The molecular weight excluding hydrogens is 967 g/mol. The molecule has 370 valence electrons. The number of aromatic nitrogens is 6. The summed E-state index contributed by atoms with van der Waals surface area (Å²) in [5, 5.41) is 38.4. The second kappa shape index (κ2) is 20.7. The molecule has 34 heteroatoms. The molecule has 7 rings (SSSR count). The van der Waals surface area contributed by atoms with Gasteiger partial charge in [-0.2, -0.15) is 18.7 Å². The minimum Gasteiger partial charge on any atom is -0.724 e. The first-order chi connectivity index (χ1) is 32.0. The van der Waals surface area contributed by atoms with Crippen LogP contribution in [-0.4, -0.2) is 159 Å². The number of β-lactam (4-membered cyclic amide) rings is 1. The summed E-state index contributed by atoms with van der Waals surface area (Å²) in [4.78, 5) is 86.0. The van der Waals surface area contributed by atoms with Crippen molar-refractivity contribution in [1.29, 1.82) is 0 Å². The second-order valence-electron chi connectivity index (χ2n) is 15.6. The van der Waals surface area contributed by atoms with E-state index < -0.39 is 81.0 Å². The number of carboxylic acid groups (broad SMARTS) is 2. The Bertz CT molecular complexity index is 2630. The van der Waals surface area contributed by atoms with Crippen LogP contribution in [0.25, 0.3) is 0 Å². The Morgan fingerprint density at radius 1 is 1.13 bits per heavy atom. The summed E-state index contributed by atoms with van der Waals surface area (Å²) in [5.74, 6) is -3.55. The number of hydroxylamine groups is 2. The Balaban J connectivity index is 0.000000276. The number of hydrogen-bond donors (Lipinski definition) is 9. The van der Waals surface area contributed by atoms with Gasteiger partial charge in [-0.1, -0.05) is 5.16 Å². The van der Waals surface area contributed by atoms with Gasteiger partial charge in [-0.3, -0.25) is 19.8 Å². The Kier molecular flexibility index (Phi) is 15.4. The molecule has 0 aromatic carbocycles. The third-order valence-electron chi connectivity index (χ3n) is 10.5. The summed E-state index contributed by atoms with van der Waals surface area (Å²) in [6.07, 6.45) is 3.75. The van der Waals surface area contributed by atoms with Crippen LogP contribution in [0.2, 0.25) is 0 Å². The van der Waals surface area contributed by atoms with Crippen LogP contribution in [-0.2, 0) is 58.7 Å². The number of aliphatic carboxylic acids is 2. The third kappa shape index (κ3) is 11.2. The summed E-state index contributed by atoms with van der Waals surface area (Å²) in [7, 11) is -3.39. The zero-order valence-corrected chi connectivity index (χ0v) is 38.7. The van der Waals surface area contributed by atoms with Crippen LogP contribution >= 0.6 is 23.3 Å². The molecule has 4 aliphatic rings. The molecule has 4 aliphatic heterocycles. The molecule has 0 radical (unpaired) electrons. The zero-order valence-electron chi connectivity index (χ0n) is 36.3. The van der Waals surface area contributed by atoms with Gasteiger partial charge in [0.15, 0.2) is 23.2 Å². The van der Waals surface area contributed by atoms with Crippen molar-refractivity contribution in [3.63, 3.8) is 0 Å². The average Bonchev–Trinajstić information content (AvgIpc) is 4.05. The number of carbonyl (C=O) groups is 6. The summed E-state index contributed by atoms with van der Waals surface area (Å²) < 4.78 is 49.0. The van der Waals surface area contributed by atoms with Crippen molar-refractivity contribution in [3.05, 3.63) is 35.1 Å². The lowest BCUT2D eigenvalue weighted by molar-refractivity contribution is -0.765. The first-order valence-corrected chi connectivity index (χ1v) is 23.4. The van der Waals surface area contributed by atoms with Gasteiger partial charge < -0.3 is 62.5 Å². The van der Waals surface area contributed by atoms with E-state index in [-0.39, 0.29) is 66.0 Å². The predicted molar refractivity (Wildman–Crippen MR) is 232 cm³/mol. The van der Waals surface area contributed by atoms with Crippen LogP contribution in [0.5, 0.6) is 0 Å². The quantitative estimate of drug-likeness (QED) is 0.0151. The standard InChI is InChI=1S/C23H30N12O8S2.C11H17N5O6S/c1-23(2,20(40)41)43-31-11(15-30-21(26)45-32-15)16(36)29-12-17(37)35-13(19(38)39)9(8-44-18(12)35)6-34-7-10(14(25)33(34)3)28-22(42)27-5-4-24;12-5-1-2-9-13-14-10(21-9)8-4-3-7-6-15(8)11(17)16(7)22-23(18,19)20/h7,12,18,25H,4-6,8,24H2,1-3H3,(H7,26,27,28,29,30,32,36,38,39,40,41,42);7-8H,1-6,12H2,(H,18,19,20)/b31-11-;/t12-,18-;7-,8+/m11/s1. The third-order valence-corrected chi connectivity index (χ3v) is 12.7. The molecule has 2 bridgehead atoms. The number of nitrogens with two attached hydrogens (primary N) is 4. The number of oxime groups is 1.